The third-order valence-corrected chi connectivity index (χ3v) is 4.28. The number of nitrogens with two attached hydrogens (primary N) is 1. The predicted octanol–water partition coefficient (Wildman–Crippen LogP) is 1.63. The first kappa shape index (κ1) is 13.1. The average molecular weight is 268 g/mol. The highest BCUT2D eigenvalue weighted by Crippen LogP contribution is 2.28. The first-order valence-electron chi connectivity index (χ1n) is 6.43. The number of carbonyl (C=O) groups is 1. The van der Waals surface area contributed by atoms with Gasteiger partial charge in [0.1, 0.15) is 0 Å². The second-order valence-electron chi connectivity index (χ2n) is 4.48. The summed E-state index contributed by atoms with van der Waals surface area (Å²) >= 11 is 1.54. The molecule has 18 heavy (non-hydrogen) atoms. The molecule has 1 heterocycles. The minimum absolute atomic E-state index is 0.0333. The molecule has 6 heteroatoms. The maximum atomic E-state index is 12.0. The van der Waals surface area contributed by atoms with E-state index in [9.17, 15) is 4.79 Å². The summed E-state index contributed by atoms with van der Waals surface area (Å²) in [5, 5.41) is 3.73. The van der Waals surface area contributed by atoms with Crippen molar-refractivity contribution in [1.82, 2.24) is 15.2 Å². The fraction of sp³-hybridized carbons (Fsp3) is 0.667. The molecule has 100 valence electrons. The van der Waals surface area contributed by atoms with Crippen molar-refractivity contribution in [2.75, 3.05) is 18.8 Å². The molecule has 1 atom stereocenters. The third kappa shape index (κ3) is 2.75. The SMILES string of the molecule is CCN(CC)C(=O)NC1CCc2nc(N)sc2C1. The predicted molar refractivity (Wildman–Crippen MR) is 73.8 cm³/mol. The Morgan fingerprint density at radius 1 is 1.56 bits per heavy atom. The normalized spacial score (nSPS) is 18.2. The molecule has 1 aromatic heterocycles. The van der Waals surface area contributed by atoms with E-state index in [2.05, 4.69) is 10.3 Å². The smallest absolute Gasteiger partial charge is 0.317 e. The molecule has 1 aliphatic carbocycles. The van der Waals surface area contributed by atoms with E-state index in [1.165, 1.54) is 4.88 Å². The Bertz CT molecular complexity index is 428. The van der Waals surface area contributed by atoms with Gasteiger partial charge < -0.3 is 16.0 Å². The topological polar surface area (TPSA) is 71.2 Å². The maximum absolute atomic E-state index is 12.0. The maximum Gasteiger partial charge on any atom is 0.317 e. The summed E-state index contributed by atoms with van der Waals surface area (Å²) in [7, 11) is 0. The summed E-state index contributed by atoms with van der Waals surface area (Å²) in [6.07, 6.45) is 2.71. The standard InChI is InChI=1S/C12H20N4OS/c1-3-16(4-2)12(17)14-8-5-6-9-10(7-8)18-11(13)15-9/h8H,3-7H2,1-2H3,(H2,13,15)(H,14,17). The number of aryl methyl sites for hydroxylation is 1. The lowest BCUT2D eigenvalue weighted by Gasteiger charge is -2.26. The van der Waals surface area contributed by atoms with Crippen LogP contribution >= 0.6 is 11.3 Å². The lowest BCUT2D eigenvalue weighted by Crippen LogP contribution is -2.46. The lowest BCUT2D eigenvalue weighted by atomic mass is 9.98. The van der Waals surface area contributed by atoms with Crippen LogP contribution in [0.2, 0.25) is 0 Å². The van der Waals surface area contributed by atoms with Gasteiger partial charge in [-0.15, -0.1) is 11.3 Å². The first-order valence-corrected chi connectivity index (χ1v) is 7.25. The van der Waals surface area contributed by atoms with E-state index < -0.39 is 0 Å². The van der Waals surface area contributed by atoms with Crippen molar-refractivity contribution in [3.05, 3.63) is 10.6 Å². The van der Waals surface area contributed by atoms with Gasteiger partial charge in [0.2, 0.25) is 0 Å². The Kier molecular flexibility index (Phi) is 4.06. The number of anilines is 1. The van der Waals surface area contributed by atoms with Crippen LogP contribution in [0.1, 0.15) is 30.8 Å². The molecule has 5 nitrogen and oxygen atoms in total. The highest BCUT2D eigenvalue weighted by Gasteiger charge is 2.24. The minimum Gasteiger partial charge on any atom is -0.375 e. The van der Waals surface area contributed by atoms with Gasteiger partial charge in [-0.1, -0.05) is 0 Å². The van der Waals surface area contributed by atoms with Gasteiger partial charge in [-0.25, -0.2) is 9.78 Å². The molecular formula is C12H20N4OS. The first-order chi connectivity index (χ1) is 8.63. The highest BCUT2D eigenvalue weighted by molar-refractivity contribution is 7.15. The largest absolute Gasteiger partial charge is 0.375 e. The van der Waals surface area contributed by atoms with Crippen molar-refractivity contribution in [3.63, 3.8) is 0 Å². The molecule has 0 radical (unpaired) electrons. The van der Waals surface area contributed by atoms with Crippen LogP contribution in [0.15, 0.2) is 0 Å². The second-order valence-corrected chi connectivity index (χ2v) is 5.60. The van der Waals surface area contributed by atoms with Crippen LogP contribution < -0.4 is 11.1 Å². The van der Waals surface area contributed by atoms with Crippen LogP contribution in [0.3, 0.4) is 0 Å². The van der Waals surface area contributed by atoms with Crippen LogP contribution in [-0.2, 0) is 12.8 Å². The molecule has 0 saturated carbocycles. The number of fused-ring (bicyclic) bond motifs is 1. The number of nitrogens with zero attached hydrogens (tertiary/aromatic N) is 2. The molecule has 1 unspecified atom stereocenters. The molecule has 0 aromatic carbocycles. The zero-order valence-corrected chi connectivity index (χ0v) is 11.7. The molecule has 1 aromatic rings. The van der Waals surface area contributed by atoms with E-state index in [1.807, 2.05) is 13.8 Å². The Labute approximate surface area is 111 Å². The van der Waals surface area contributed by atoms with Gasteiger partial charge in [-0.2, -0.15) is 0 Å². The number of thiazole rings is 1. The van der Waals surface area contributed by atoms with Gasteiger partial charge in [0.25, 0.3) is 0 Å². The summed E-state index contributed by atoms with van der Waals surface area (Å²) in [4.78, 5) is 19.3. The van der Waals surface area contributed by atoms with Crippen molar-refractivity contribution in [2.24, 2.45) is 0 Å². The third-order valence-electron chi connectivity index (χ3n) is 3.33. The number of hydrogen-bond acceptors (Lipinski definition) is 4. The molecule has 0 saturated heterocycles. The molecule has 0 spiro atoms. The van der Waals surface area contributed by atoms with Crippen LogP contribution in [0, 0.1) is 0 Å². The van der Waals surface area contributed by atoms with Gasteiger partial charge in [0.05, 0.1) is 5.69 Å². The van der Waals surface area contributed by atoms with Crippen LogP contribution in [0.4, 0.5) is 9.93 Å². The van der Waals surface area contributed by atoms with Crippen LogP contribution in [0.25, 0.3) is 0 Å². The summed E-state index contributed by atoms with van der Waals surface area (Å²) in [6, 6.07) is 0.247. The van der Waals surface area contributed by atoms with E-state index in [-0.39, 0.29) is 12.1 Å². The van der Waals surface area contributed by atoms with E-state index in [0.29, 0.717) is 5.13 Å². The Hall–Kier alpha value is -1.30. The summed E-state index contributed by atoms with van der Waals surface area (Å²) in [5.74, 6) is 0. The van der Waals surface area contributed by atoms with Crippen LogP contribution in [-0.4, -0.2) is 35.0 Å². The number of aromatic nitrogens is 1. The molecule has 3 N–H and O–H groups in total. The number of carbonyl (C=O) groups excluding carboxylic acids is 1. The molecule has 2 rings (SSSR count). The van der Waals surface area contributed by atoms with Gasteiger partial charge in [0.15, 0.2) is 5.13 Å². The van der Waals surface area contributed by atoms with E-state index in [4.69, 9.17) is 5.73 Å². The monoisotopic (exact) mass is 268 g/mol. The molecule has 1 aliphatic rings. The van der Waals surface area contributed by atoms with E-state index in [0.717, 1.165) is 38.0 Å². The number of rotatable bonds is 3. The van der Waals surface area contributed by atoms with Gasteiger partial charge >= 0.3 is 6.03 Å². The van der Waals surface area contributed by atoms with Crippen molar-refractivity contribution < 1.29 is 4.79 Å². The van der Waals surface area contributed by atoms with Crippen LogP contribution in [0.5, 0.6) is 0 Å². The minimum atomic E-state index is 0.0333. The molecule has 0 bridgehead atoms. The van der Waals surface area contributed by atoms with E-state index >= 15 is 0 Å². The molecule has 0 fully saturated rings. The summed E-state index contributed by atoms with van der Waals surface area (Å²) < 4.78 is 0. The summed E-state index contributed by atoms with van der Waals surface area (Å²) in [5.41, 5.74) is 6.82. The fourth-order valence-corrected chi connectivity index (χ4v) is 3.25. The number of amides is 2. The highest BCUT2D eigenvalue weighted by atomic mass is 32.1. The van der Waals surface area contributed by atoms with Gasteiger partial charge in [-0.3, -0.25) is 0 Å². The van der Waals surface area contributed by atoms with Gasteiger partial charge in [-0.05, 0) is 26.7 Å². The number of hydrogen-bond donors (Lipinski definition) is 2. The number of nitrogens with one attached hydrogen (secondary N) is 1. The Morgan fingerprint density at radius 2 is 2.28 bits per heavy atom. The summed E-state index contributed by atoms with van der Waals surface area (Å²) in [6.45, 7) is 5.47. The Balaban J connectivity index is 1.95. The van der Waals surface area contributed by atoms with Crippen molar-refractivity contribution in [1.29, 1.82) is 0 Å². The number of nitrogen functional groups attached to an aromatic ring is 1. The fourth-order valence-electron chi connectivity index (χ4n) is 2.29. The second kappa shape index (κ2) is 5.56. The van der Waals surface area contributed by atoms with Crippen molar-refractivity contribution >= 4 is 22.5 Å². The zero-order valence-electron chi connectivity index (χ0n) is 10.9. The average Bonchev–Trinajstić information content (AvgIpc) is 2.70. The van der Waals surface area contributed by atoms with Crippen molar-refractivity contribution in [2.45, 2.75) is 39.2 Å². The van der Waals surface area contributed by atoms with Gasteiger partial charge in [0, 0.05) is 30.4 Å². The Morgan fingerprint density at radius 3 is 2.94 bits per heavy atom. The quantitative estimate of drug-likeness (QED) is 0.875. The molecular weight excluding hydrogens is 248 g/mol. The van der Waals surface area contributed by atoms with E-state index in [1.54, 1.807) is 16.2 Å². The zero-order chi connectivity index (χ0) is 13.1. The number of urea groups is 1. The lowest BCUT2D eigenvalue weighted by molar-refractivity contribution is 0.198. The molecule has 0 aliphatic heterocycles. The molecule has 2 amide bonds. The van der Waals surface area contributed by atoms with Crippen molar-refractivity contribution in [3.8, 4) is 0 Å².